The Hall–Kier alpha value is -1.82. The quantitative estimate of drug-likeness (QED) is 0.503. The highest BCUT2D eigenvalue weighted by atomic mass is 32.2. The second kappa shape index (κ2) is 4.80. The minimum absolute atomic E-state index is 0.0367. The highest BCUT2D eigenvalue weighted by Crippen LogP contribution is 2.04. The Morgan fingerprint density at radius 3 is 2.69 bits per heavy atom. The Balaban J connectivity index is 3.00. The van der Waals surface area contributed by atoms with Gasteiger partial charge in [0.05, 0.1) is 6.04 Å². The van der Waals surface area contributed by atoms with Gasteiger partial charge in [0.15, 0.2) is 0 Å². The molecule has 16 heavy (non-hydrogen) atoms. The Morgan fingerprint density at radius 2 is 2.19 bits per heavy atom. The van der Waals surface area contributed by atoms with Crippen LogP contribution in [0, 0.1) is 0 Å². The van der Waals surface area contributed by atoms with E-state index in [4.69, 9.17) is 5.73 Å². The van der Waals surface area contributed by atoms with Gasteiger partial charge >= 0.3 is 0 Å². The zero-order valence-electron chi connectivity index (χ0n) is 8.73. The van der Waals surface area contributed by atoms with Crippen LogP contribution in [0.15, 0.2) is 36.1 Å². The minimum atomic E-state index is -2.42. The fraction of sp³-hybridized carbons (Fsp3) is 0.200. The summed E-state index contributed by atoms with van der Waals surface area (Å²) in [5, 5.41) is 2.51. The summed E-state index contributed by atoms with van der Waals surface area (Å²) in [5.74, 6) is -0.397. The molecule has 0 heterocycles. The summed E-state index contributed by atoms with van der Waals surface area (Å²) < 4.78 is 21.8. The fourth-order valence-corrected chi connectivity index (χ4v) is 1.72. The van der Waals surface area contributed by atoms with E-state index in [1.54, 1.807) is 13.0 Å². The monoisotopic (exact) mass is 240 g/mol. The number of nitrogens with two attached hydrogens (primary N) is 1. The van der Waals surface area contributed by atoms with Crippen LogP contribution in [-0.4, -0.2) is 25.2 Å². The van der Waals surface area contributed by atoms with E-state index in [9.17, 15) is 13.2 Å². The molecule has 0 radical (unpaired) electrons. The van der Waals surface area contributed by atoms with Crippen LogP contribution in [0.1, 0.15) is 6.92 Å². The van der Waals surface area contributed by atoms with Crippen LogP contribution < -0.4 is 11.1 Å². The van der Waals surface area contributed by atoms with Crippen LogP contribution >= 0.6 is 0 Å². The van der Waals surface area contributed by atoms with Gasteiger partial charge in [-0.2, -0.15) is 8.42 Å². The number of carbonyl (C=O) groups excluding carboxylic acids is 1. The average molecular weight is 240 g/mol. The molecule has 0 bridgehead atoms. The van der Waals surface area contributed by atoms with Gasteiger partial charge in [-0.25, -0.2) is 0 Å². The molecular weight excluding hydrogens is 228 g/mol. The van der Waals surface area contributed by atoms with Crippen molar-refractivity contribution >= 4 is 21.1 Å². The van der Waals surface area contributed by atoms with Crippen molar-refractivity contribution in [3.63, 3.8) is 0 Å². The van der Waals surface area contributed by atoms with Crippen LogP contribution in [0.2, 0.25) is 0 Å². The first kappa shape index (κ1) is 12.3. The van der Waals surface area contributed by atoms with E-state index in [0.717, 1.165) is 0 Å². The molecule has 1 unspecified atom stereocenters. The number of nitrogens with one attached hydrogen (secondary N) is 1. The maximum Gasteiger partial charge on any atom is 0.247 e. The lowest BCUT2D eigenvalue weighted by atomic mass is 10.1. The maximum atomic E-state index is 11.3. The lowest BCUT2D eigenvalue weighted by Crippen LogP contribution is -2.40. The molecule has 6 heteroatoms. The van der Waals surface area contributed by atoms with E-state index in [1.165, 1.54) is 12.2 Å². The highest BCUT2D eigenvalue weighted by molar-refractivity contribution is 7.73. The van der Waals surface area contributed by atoms with Gasteiger partial charge in [0, 0.05) is 11.3 Å². The van der Waals surface area contributed by atoms with Gasteiger partial charge in [-0.3, -0.25) is 4.79 Å². The van der Waals surface area contributed by atoms with Crippen molar-refractivity contribution < 1.29 is 13.2 Å². The second-order valence-corrected chi connectivity index (χ2v) is 4.31. The molecule has 0 aliphatic heterocycles. The third kappa shape index (κ3) is 2.83. The standard InChI is InChI=1S/C10H12N2O3S/c1-6(2)10(13)12-8-4-3-7(11)5-9(8)16(14)15/h3-5,8H,1,11H2,2H3,(H,12,13). The minimum Gasteiger partial charge on any atom is -0.399 e. The van der Waals surface area contributed by atoms with Gasteiger partial charge in [0.2, 0.25) is 16.2 Å². The first-order valence-corrected chi connectivity index (χ1v) is 5.57. The first-order chi connectivity index (χ1) is 7.41. The summed E-state index contributed by atoms with van der Waals surface area (Å²) in [4.78, 5) is 11.4. The third-order valence-corrected chi connectivity index (χ3v) is 2.72. The van der Waals surface area contributed by atoms with E-state index >= 15 is 0 Å². The summed E-state index contributed by atoms with van der Waals surface area (Å²) in [6.07, 6.45) is 4.37. The smallest absolute Gasteiger partial charge is 0.247 e. The van der Waals surface area contributed by atoms with Gasteiger partial charge in [-0.1, -0.05) is 12.7 Å². The van der Waals surface area contributed by atoms with Crippen molar-refractivity contribution in [2.45, 2.75) is 13.0 Å². The molecule has 0 saturated carbocycles. The Labute approximate surface area is 94.9 Å². The van der Waals surface area contributed by atoms with Crippen molar-refractivity contribution in [2.75, 3.05) is 0 Å². The molecule has 1 aliphatic rings. The molecule has 86 valence electrons. The topological polar surface area (TPSA) is 89.3 Å². The number of carbonyl (C=O) groups is 1. The van der Waals surface area contributed by atoms with Gasteiger partial charge in [0.1, 0.15) is 4.86 Å². The van der Waals surface area contributed by atoms with Crippen LogP contribution in [0.5, 0.6) is 0 Å². The Morgan fingerprint density at radius 1 is 1.56 bits per heavy atom. The second-order valence-electron chi connectivity index (χ2n) is 3.37. The lowest BCUT2D eigenvalue weighted by Gasteiger charge is -2.16. The van der Waals surface area contributed by atoms with Crippen molar-refractivity contribution in [3.05, 3.63) is 36.1 Å². The molecule has 3 N–H and O–H groups in total. The molecule has 0 aromatic carbocycles. The van der Waals surface area contributed by atoms with Crippen LogP contribution in [0.4, 0.5) is 0 Å². The Bertz CT molecular complexity index is 518. The van der Waals surface area contributed by atoms with Crippen molar-refractivity contribution in [1.29, 1.82) is 0 Å². The molecule has 1 amide bonds. The predicted octanol–water partition coefficient (Wildman–Crippen LogP) is -0.489. The van der Waals surface area contributed by atoms with Gasteiger partial charge in [-0.15, -0.1) is 0 Å². The molecule has 1 rings (SSSR count). The molecule has 0 fully saturated rings. The first-order valence-electron chi connectivity index (χ1n) is 4.49. The molecule has 0 spiro atoms. The van der Waals surface area contributed by atoms with Crippen LogP contribution in [0.25, 0.3) is 0 Å². The van der Waals surface area contributed by atoms with E-state index in [0.29, 0.717) is 11.3 Å². The molecule has 5 nitrogen and oxygen atoms in total. The summed E-state index contributed by atoms with van der Waals surface area (Å²) in [6.45, 7) is 5.01. The van der Waals surface area contributed by atoms with E-state index in [1.807, 2.05) is 0 Å². The molecule has 1 atom stereocenters. The number of hydrogen-bond donors (Lipinski definition) is 2. The van der Waals surface area contributed by atoms with Crippen molar-refractivity contribution in [2.24, 2.45) is 5.73 Å². The SMILES string of the molecule is C=C(C)C(=O)NC1C=CC(N)=CC1=S(=O)=O. The summed E-state index contributed by atoms with van der Waals surface area (Å²) in [5.41, 5.74) is 6.11. The van der Waals surface area contributed by atoms with Crippen LogP contribution in [-0.2, 0) is 15.1 Å². The molecular formula is C10H12N2O3S. The zero-order valence-corrected chi connectivity index (χ0v) is 9.54. The van der Waals surface area contributed by atoms with Crippen LogP contribution in [0.3, 0.4) is 0 Å². The average Bonchev–Trinajstić information content (AvgIpc) is 2.20. The summed E-state index contributed by atoms with van der Waals surface area (Å²) >= 11 is 0. The number of allylic oxidation sites excluding steroid dienone is 1. The molecule has 0 aromatic heterocycles. The number of amides is 1. The third-order valence-electron chi connectivity index (χ3n) is 1.96. The number of hydrogen-bond acceptors (Lipinski definition) is 4. The number of rotatable bonds is 2. The lowest BCUT2D eigenvalue weighted by molar-refractivity contribution is -0.117. The Kier molecular flexibility index (Phi) is 3.68. The fourth-order valence-electron chi connectivity index (χ4n) is 1.14. The molecule has 0 saturated heterocycles. The van der Waals surface area contributed by atoms with E-state index in [2.05, 4.69) is 11.9 Å². The van der Waals surface area contributed by atoms with Crippen molar-refractivity contribution in [3.8, 4) is 0 Å². The van der Waals surface area contributed by atoms with Gasteiger partial charge in [0.25, 0.3) is 0 Å². The molecule has 1 aliphatic carbocycles. The maximum absolute atomic E-state index is 11.3. The largest absolute Gasteiger partial charge is 0.399 e. The highest BCUT2D eigenvalue weighted by Gasteiger charge is 2.18. The van der Waals surface area contributed by atoms with E-state index in [-0.39, 0.29) is 4.86 Å². The molecule has 0 aromatic rings. The zero-order chi connectivity index (χ0) is 12.3. The van der Waals surface area contributed by atoms with E-state index < -0.39 is 22.2 Å². The summed E-state index contributed by atoms with van der Waals surface area (Å²) in [6, 6.07) is -0.685. The predicted molar refractivity (Wildman–Crippen MR) is 62.1 cm³/mol. The van der Waals surface area contributed by atoms with Gasteiger partial charge < -0.3 is 11.1 Å². The van der Waals surface area contributed by atoms with Gasteiger partial charge in [-0.05, 0) is 19.1 Å². The normalized spacial score (nSPS) is 18.9. The van der Waals surface area contributed by atoms with Crippen molar-refractivity contribution in [1.82, 2.24) is 5.32 Å². The summed E-state index contributed by atoms with van der Waals surface area (Å²) in [7, 11) is -2.42.